The maximum absolute atomic E-state index is 11.2. The summed E-state index contributed by atoms with van der Waals surface area (Å²) in [5, 5.41) is 17.1. The molecule has 1 aliphatic rings. The van der Waals surface area contributed by atoms with Crippen molar-refractivity contribution in [3.63, 3.8) is 0 Å². The summed E-state index contributed by atoms with van der Waals surface area (Å²) >= 11 is 0. The van der Waals surface area contributed by atoms with E-state index in [0.717, 1.165) is 13.1 Å². The summed E-state index contributed by atoms with van der Waals surface area (Å²) in [5.41, 5.74) is 0.305. The summed E-state index contributed by atoms with van der Waals surface area (Å²) in [5.74, 6) is 0.666. The van der Waals surface area contributed by atoms with Gasteiger partial charge in [0.1, 0.15) is 5.69 Å². The van der Waals surface area contributed by atoms with Gasteiger partial charge in [0.25, 0.3) is 0 Å². The second-order valence-electron chi connectivity index (χ2n) is 5.12. The molecule has 21 heavy (non-hydrogen) atoms. The highest BCUT2D eigenvalue weighted by atomic mass is 16.6. The second kappa shape index (κ2) is 6.66. The van der Waals surface area contributed by atoms with Crippen LogP contribution in [0.2, 0.25) is 0 Å². The van der Waals surface area contributed by atoms with E-state index in [2.05, 4.69) is 32.4 Å². The van der Waals surface area contributed by atoms with Crippen LogP contribution in [0.4, 0.5) is 17.5 Å². The van der Waals surface area contributed by atoms with Crippen molar-refractivity contribution < 1.29 is 4.92 Å². The van der Waals surface area contributed by atoms with Gasteiger partial charge >= 0.3 is 5.69 Å². The molecule has 0 spiro atoms. The molecular formula is C13H22N6O2. The summed E-state index contributed by atoms with van der Waals surface area (Å²) in [6.45, 7) is 6.24. The molecule has 0 radical (unpaired) electrons. The predicted molar refractivity (Wildman–Crippen MR) is 81.7 cm³/mol. The maximum Gasteiger partial charge on any atom is 0.332 e. The molecule has 0 aromatic carbocycles. The number of hydrogen-bond acceptors (Lipinski definition) is 7. The van der Waals surface area contributed by atoms with Gasteiger partial charge in [-0.05, 0) is 26.3 Å². The van der Waals surface area contributed by atoms with Gasteiger partial charge < -0.3 is 10.6 Å². The van der Waals surface area contributed by atoms with Gasteiger partial charge in [-0.1, -0.05) is 6.92 Å². The Hall–Kier alpha value is -1.96. The van der Waals surface area contributed by atoms with Crippen molar-refractivity contribution in [2.45, 2.75) is 32.7 Å². The minimum absolute atomic E-state index is 0.0523. The molecule has 2 rings (SSSR count). The fraction of sp³-hybridized carbons (Fsp3) is 0.692. The first-order chi connectivity index (χ1) is 10.1. The van der Waals surface area contributed by atoms with Gasteiger partial charge in [0, 0.05) is 26.2 Å². The lowest BCUT2D eigenvalue weighted by Gasteiger charge is -2.20. The molecular weight excluding hydrogens is 272 g/mol. The Labute approximate surface area is 124 Å². The highest BCUT2D eigenvalue weighted by molar-refractivity contribution is 5.60. The van der Waals surface area contributed by atoms with Crippen LogP contribution in [0, 0.1) is 17.0 Å². The zero-order valence-corrected chi connectivity index (χ0v) is 12.7. The van der Waals surface area contributed by atoms with Crippen LogP contribution < -0.4 is 10.6 Å². The van der Waals surface area contributed by atoms with Crippen LogP contribution in [-0.2, 0) is 0 Å². The smallest absolute Gasteiger partial charge is 0.332 e. The number of rotatable bonds is 8. The van der Waals surface area contributed by atoms with Crippen molar-refractivity contribution in [1.29, 1.82) is 0 Å². The van der Waals surface area contributed by atoms with Gasteiger partial charge in [-0.2, -0.15) is 4.98 Å². The molecule has 1 saturated carbocycles. The predicted octanol–water partition coefficient (Wildman–Crippen LogP) is 1.63. The molecule has 1 fully saturated rings. The number of hydrogen-bond donors (Lipinski definition) is 2. The summed E-state index contributed by atoms with van der Waals surface area (Å²) in [4.78, 5) is 21.3. The SMILES string of the molecule is CCN(CCNc1nc(NC)nc(C)c1[N+](=O)[O-])C1CC1. The molecule has 1 heterocycles. The van der Waals surface area contributed by atoms with E-state index in [4.69, 9.17) is 0 Å². The van der Waals surface area contributed by atoms with E-state index in [0.29, 0.717) is 24.2 Å². The van der Waals surface area contributed by atoms with E-state index in [1.165, 1.54) is 12.8 Å². The van der Waals surface area contributed by atoms with E-state index >= 15 is 0 Å². The van der Waals surface area contributed by atoms with E-state index in [1.807, 2.05) is 0 Å². The lowest BCUT2D eigenvalue weighted by molar-refractivity contribution is -0.385. The molecule has 8 nitrogen and oxygen atoms in total. The van der Waals surface area contributed by atoms with Crippen LogP contribution >= 0.6 is 0 Å². The molecule has 0 bridgehead atoms. The van der Waals surface area contributed by atoms with Crippen LogP contribution in [0.25, 0.3) is 0 Å². The number of aryl methyl sites for hydroxylation is 1. The fourth-order valence-corrected chi connectivity index (χ4v) is 2.38. The molecule has 0 amide bonds. The molecule has 1 aromatic rings. The van der Waals surface area contributed by atoms with Gasteiger partial charge in [-0.15, -0.1) is 0 Å². The number of likely N-dealkylation sites (N-methyl/N-ethyl adjacent to an activating group) is 1. The molecule has 0 saturated heterocycles. The number of anilines is 2. The molecule has 1 aromatic heterocycles. The van der Waals surface area contributed by atoms with Crippen molar-refractivity contribution in [3.8, 4) is 0 Å². The quantitative estimate of drug-likeness (QED) is 0.555. The average molecular weight is 294 g/mol. The van der Waals surface area contributed by atoms with E-state index < -0.39 is 4.92 Å². The monoisotopic (exact) mass is 294 g/mol. The number of nitrogens with one attached hydrogen (secondary N) is 2. The molecule has 0 aliphatic heterocycles. The third kappa shape index (κ3) is 3.78. The van der Waals surface area contributed by atoms with Crippen molar-refractivity contribution in [2.75, 3.05) is 37.3 Å². The Morgan fingerprint density at radius 2 is 2.14 bits per heavy atom. The molecule has 8 heteroatoms. The zero-order valence-electron chi connectivity index (χ0n) is 12.7. The van der Waals surface area contributed by atoms with Crippen LogP contribution in [0.15, 0.2) is 0 Å². The van der Waals surface area contributed by atoms with Crippen LogP contribution in [0.1, 0.15) is 25.5 Å². The number of aromatic nitrogens is 2. The second-order valence-corrected chi connectivity index (χ2v) is 5.12. The van der Waals surface area contributed by atoms with Crippen LogP contribution in [-0.4, -0.2) is 52.5 Å². The molecule has 116 valence electrons. The Morgan fingerprint density at radius 3 is 2.67 bits per heavy atom. The van der Waals surface area contributed by atoms with Crippen molar-refractivity contribution in [1.82, 2.24) is 14.9 Å². The average Bonchev–Trinajstić information content (AvgIpc) is 3.27. The Balaban J connectivity index is 2.06. The Bertz CT molecular complexity index is 518. The Morgan fingerprint density at radius 1 is 1.43 bits per heavy atom. The number of nitrogens with zero attached hydrogens (tertiary/aromatic N) is 4. The highest BCUT2D eigenvalue weighted by Crippen LogP contribution is 2.27. The third-order valence-electron chi connectivity index (χ3n) is 3.63. The number of nitro groups is 1. The molecule has 0 atom stereocenters. The summed E-state index contributed by atoms with van der Waals surface area (Å²) in [6.07, 6.45) is 2.51. The van der Waals surface area contributed by atoms with Crippen molar-refractivity contribution in [3.05, 3.63) is 15.8 Å². The van der Waals surface area contributed by atoms with E-state index in [-0.39, 0.29) is 11.5 Å². The van der Waals surface area contributed by atoms with Crippen molar-refractivity contribution >= 4 is 17.5 Å². The van der Waals surface area contributed by atoms with Crippen molar-refractivity contribution in [2.24, 2.45) is 0 Å². The summed E-state index contributed by atoms with van der Waals surface area (Å²) < 4.78 is 0. The highest BCUT2D eigenvalue weighted by Gasteiger charge is 2.27. The minimum Gasteiger partial charge on any atom is -0.363 e. The summed E-state index contributed by atoms with van der Waals surface area (Å²) in [7, 11) is 1.69. The largest absolute Gasteiger partial charge is 0.363 e. The molecule has 1 aliphatic carbocycles. The summed E-state index contributed by atoms with van der Waals surface area (Å²) in [6, 6.07) is 0.687. The lowest BCUT2D eigenvalue weighted by atomic mass is 10.3. The third-order valence-corrected chi connectivity index (χ3v) is 3.63. The topological polar surface area (TPSA) is 96.2 Å². The zero-order chi connectivity index (χ0) is 15.4. The van der Waals surface area contributed by atoms with E-state index in [9.17, 15) is 10.1 Å². The van der Waals surface area contributed by atoms with E-state index in [1.54, 1.807) is 14.0 Å². The molecule has 2 N–H and O–H groups in total. The lowest BCUT2D eigenvalue weighted by Crippen LogP contribution is -2.31. The Kier molecular flexibility index (Phi) is 4.89. The first-order valence-corrected chi connectivity index (χ1v) is 7.25. The maximum atomic E-state index is 11.2. The van der Waals surface area contributed by atoms with Gasteiger partial charge in [0.15, 0.2) is 0 Å². The first kappa shape index (κ1) is 15.4. The standard InChI is InChI=1S/C13H22N6O2/c1-4-18(10-5-6-10)8-7-15-12-11(19(20)21)9(2)16-13(14-3)17-12/h10H,4-8H2,1-3H3,(H2,14,15,16,17). The van der Waals surface area contributed by atoms with Crippen LogP contribution in [0.3, 0.4) is 0 Å². The normalized spacial score (nSPS) is 14.3. The van der Waals surface area contributed by atoms with Gasteiger partial charge in [0.05, 0.1) is 4.92 Å². The first-order valence-electron chi connectivity index (χ1n) is 7.25. The minimum atomic E-state index is -0.435. The van der Waals surface area contributed by atoms with Gasteiger partial charge in [-0.25, -0.2) is 4.98 Å². The molecule has 0 unspecified atom stereocenters. The fourth-order valence-electron chi connectivity index (χ4n) is 2.38. The van der Waals surface area contributed by atoms with Gasteiger partial charge in [-0.3, -0.25) is 15.0 Å². The van der Waals surface area contributed by atoms with Gasteiger partial charge in [0.2, 0.25) is 11.8 Å². The van der Waals surface area contributed by atoms with Crippen LogP contribution in [0.5, 0.6) is 0 Å².